The number of anilines is 1. The van der Waals surface area contributed by atoms with Crippen LogP contribution in [0.1, 0.15) is 26.7 Å². The second-order valence-electron chi connectivity index (χ2n) is 5.62. The number of ketones is 1. The van der Waals surface area contributed by atoms with Gasteiger partial charge >= 0.3 is 0 Å². The van der Waals surface area contributed by atoms with Gasteiger partial charge in [0.1, 0.15) is 16.6 Å². The number of rotatable bonds is 3. The van der Waals surface area contributed by atoms with Gasteiger partial charge in [0.15, 0.2) is 5.78 Å². The summed E-state index contributed by atoms with van der Waals surface area (Å²) in [4.78, 5) is 12.3. The molecule has 0 bridgehead atoms. The Morgan fingerprint density at radius 3 is 2.71 bits per heavy atom. The van der Waals surface area contributed by atoms with E-state index in [-0.39, 0.29) is 28.0 Å². The third-order valence-corrected chi connectivity index (χ3v) is 4.03. The standard InChI is InChI=1S/C16H18FNO2S/c1-9(2)10-6-13(19)15(14(20)7-10)16(21)18-12-5-3-4-11(17)8-12/h3-5,8-10,19H,6-7H2,1-2H3,(H,18,21). The average Bonchev–Trinajstić information content (AvgIpc) is 2.37. The number of allylic oxidation sites excluding steroid dienone is 1. The molecule has 1 aromatic rings. The first-order chi connectivity index (χ1) is 9.88. The van der Waals surface area contributed by atoms with E-state index in [2.05, 4.69) is 5.32 Å². The van der Waals surface area contributed by atoms with E-state index in [0.717, 1.165) is 0 Å². The lowest BCUT2D eigenvalue weighted by atomic mass is 9.80. The van der Waals surface area contributed by atoms with Crippen molar-refractivity contribution in [2.45, 2.75) is 26.7 Å². The molecule has 5 heteroatoms. The number of carbonyl (C=O) groups excluding carboxylic acids is 1. The number of carbonyl (C=O) groups is 1. The van der Waals surface area contributed by atoms with Crippen LogP contribution in [0.3, 0.4) is 0 Å². The first kappa shape index (κ1) is 15.6. The topological polar surface area (TPSA) is 49.3 Å². The molecular formula is C16H18FNO2S. The monoisotopic (exact) mass is 307 g/mol. The predicted octanol–water partition coefficient (Wildman–Crippen LogP) is 4.01. The number of benzene rings is 1. The van der Waals surface area contributed by atoms with Crippen LogP contribution in [0, 0.1) is 17.7 Å². The van der Waals surface area contributed by atoms with E-state index in [9.17, 15) is 14.3 Å². The van der Waals surface area contributed by atoms with Crippen LogP contribution in [0.5, 0.6) is 0 Å². The summed E-state index contributed by atoms with van der Waals surface area (Å²) in [6.07, 6.45) is 0.825. The van der Waals surface area contributed by atoms with Gasteiger partial charge in [-0.15, -0.1) is 0 Å². The summed E-state index contributed by atoms with van der Waals surface area (Å²) in [7, 11) is 0. The summed E-state index contributed by atoms with van der Waals surface area (Å²) in [5, 5.41) is 12.9. The fourth-order valence-corrected chi connectivity index (χ4v) is 2.76. The van der Waals surface area contributed by atoms with Gasteiger partial charge < -0.3 is 10.4 Å². The molecule has 1 aliphatic rings. The van der Waals surface area contributed by atoms with Crippen molar-refractivity contribution in [2.24, 2.45) is 11.8 Å². The van der Waals surface area contributed by atoms with Crippen molar-refractivity contribution in [1.82, 2.24) is 0 Å². The number of hydrogen-bond donors (Lipinski definition) is 2. The van der Waals surface area contributed by atoms with E-state index in [1.807, 2.05) is 13.8 Å². The molecule has 0 radical (unpaired) electrons. The molecule has 1 aromatic carbocycles. The van der Waals surface area contributed by atoms with E-state index in [1.54, 1.807) is 12.1 Å². The molecule has 3 nitrogen and oxygen atoms in total. The molecule has 0 saturated heterocycles. The maximum absolute atomic E-state index is 13.1. The van der Waals surface area contributed by atoms with Crippen molar-refractivity contribution >= 4 is 28.7 Å². The Balaban J connectivity index is 2.18. The summed E-state index contributed by atoms with van der Waals surface area (Å²) >= 11 is 5.19. The Kier molecular flexibility index (Phi) is 4.73. The summed E-state index contributed by atoms with van der Waals surface area (Å²) < 4.78 is 13.1. The van der Waals surface area contributed by atoms with Gasteiger partial charge in [-0.1, -0.05) is 32.1 Å². The minimum Gasteiger partial charge on any atom is -0.511 e. The van der Waals surface area contributed by atoms with Crippen LogP contribution in [-0.2, 0) is 4.79 Å². The molecule has 0 heterocycles. The Morgan fingerprint density at radius 1 is 1.43 bits per heavy atom. The minimum absolute atomic E-state index is 0.0267. The predicted molar refractivity (Wildman–Crippen MR) is 84.8 cm³/mol. The molecule has 0 saturated carbocycles. The van der Waals surface area contributed by atoms with Gasteiger partial charge in [-0.25, -0.2) is 4.39 Å². The highest BCUT2D eigenvalue weighted by molar-refractivity contribution is 7.81. The quantitative estimate of drug-likeness (QED) is 0.828. The van der Waals surface area contributed by atoms with E-state index in [1.165, 1.54) is 12.1 Å². The minimum atomic E-state index is -0.393. The Labute approximate surface area is 128 Å². The van der Waals surface area contributed by atoms with Crippen molar-refractivity contribution in [3.05, 3.63) is 41.4 Å². The van der Waals surface area contributed by atoms with Gasteiger partial charge in [-0.2, -0.15) is 0 Å². The largest absolute Gasteiger partial charge is 0.511 e. The molecule has 1 atom stereocenters. The van der Waals surface area contributed by atoms with Gasteiger partial charge in [-0.05, 0) is 30.0 Å². The van der Waals surface area contributed by atoms with Crippen LogP contribution in [0.25, 0.3) is 0 Å². The summed E-state index contributed by atoms with van der Waals surface area (Å²) in [5.41, 5.74) is 0.616. The van der Waals surface area contributed by atoms with Crippen molar-refractivity contribution in [2.75, 3.05) is 5.32 Å². The number of thiocarbonyl (C=S) groups is 1. The third-order valence-electron chi connectivity index (χ3n) is 3.72. The molecule has 0 aliphatic heterocycles. The Hall–Kier alpha value is -1.75. The number of hydrogen-bond acceptors (Lipinski definition) is 3. The summed E-state index contributed by atoms with van der Waals surface area (Å²) in [5.74, 6) is -0.0679. The molecule has 112 valence electrons. The lowest BCUT2D eigenvalue weighted by molar-refractivity contribution is -0.117. The molecular weight excluding hydrogens is 289 g/mol. The maximum atomic E-state index is 13.1. The van der Waals surface area contributed by atoms with Gasteiger partial charge in [0.05, 0.1) is 5.57 Å². The van der Waals surface area contributed by atoms with Crippen LogP contribution in [-0.4, -0.2) is 15.9 Å². The summed E-state index contributed by atoms with van der Waals surface area (Å²) in [6, 6.07) is 5.81. The molecule has 1 aliphatic carbocycles. The zero-order chi connectivity index (χ0) is 15.6. The normalized spacial score (nSPS) is 19.0. The highest BCUT2D eigenvalue weighted by Crippen LogP contribution is 2.31. The van der Waals surface area contributed by atoms with Crippen LogP contribution in [0.2, 0.25) is 0 Å². The van der Waals surface area contributed by atoms with Crippen molar-refractivity contribution in [3.63, 3.8) is 0 Å². The lowest BCUT2D eigenvalue weighted by Gasteiger charge is -2.26. The molecule has 0 amide bonds. The number of aliphatic hydroxyl groups excluding tert-OH is 1. The van der Waals surface area contributed by atoms with E-state index in [4.69, 9.17) is 12.2 Å². The highest BCUT2D eigenvalue weighted by Gasteiger charge is 2.31. The second kappa shape index (κ2) is 6.35. The fraction of sp³-hybridized carbons (Fsp3) is 0.375. The van der Waals surface area contributed by atoms with Gasteiger partial charge in [0.25, 0.3) is 0 Å². The van der Waals surface area contributed by atoms with Crippen molar-refractivity contribution < 1.29 is 14.3 Å². The molecule has 2 rings (SSSR count). The second-order valence-corrected chi connectivity index (χ2v) is 6.03. The zero-order valence-electron chi connectivity index (χ0n) is 12.0. The van der Waals surface area contributed by atoms with Crippen molar-refractivity contribution in [3.8, 4) is 0 Å². The highest BCUT2D eigenvalue weighted by atomic mass is 32.1. The SMILES string of the molecule is CC(C)C1CC(=O)C(C(=S)Nc2cccc(F)c2)=C(O)C1. The third kappa shape index (κ3) is 3.67. The number of nitrogens with one attached hydrogen (secondary N) is 1. The number of Topliss-reactive ketones (excluding diaryl/α,β-unsaturated/α-hetero) is 1. The smallest absolute Gasteiger partial charge is 0.169 e. The van der Waals surface area contributed by atoms with Crippen LogP contribution >= 0.6 is 12.2 Å². The number of aliphatic hydroxyl groups is 1. The van der Waals surface area contributed by atoms with E-state index < -0.39 is 5.82 Å². The Morgan fingerprint density at radius 2 is 2.14 bits per heavy atom. The fourth-order valence-electron chi connectivity index (χ4n) is 2.41. The maximum Gasteiger partial charge on any atom is 0.169 e. The molecule has 2 N–H and O–H groups in total. The number of halogens is 1. The molecule has 0 spiro atoms. The van der Waals surface area contributed by atoms with Gasteiger partial charge in [-0.3, -0.25) is 4.79 Å². The summed E-state index contributed by atoms with van der Waals surface area (Å²) in [6.45, 7) is 4.05. The van der Waals surface area contributed by atoms with E-state index >= 15 is 0 Å². The first-order valence-electron chi connectivity index (χ1n) is 6.90. The molecule has 0 aromatic heterocycles. The van der Waals surface area contributed by atoms with Crippen LogP contribution < -0.4 is 5.32 Å². The van der Waals surface area contributed by atoms with E-state index in [0.29, 0.717) is 24.4 Å². The Bertz CT molecular complexity index is 610. The van der Waals surface area contributed by atoms with Gasteiger partial charge in [0.2, 0.25) is 0 Å². The molecule has 1 unspecified atom stereocenters. The first-order valence-corrected chi connectivity index (χ1v) is 7.31. The van der Waals surface area contributed by atoms with Gasteiger partial charge in [0, 0.05) is 18.5 Å². The van der Waals surface area contributed by atoms with Crippen LogP contribution in [0.4, 0.5) is 10.1 Å². The molecule has 21 heavy (non-hydrogen) atoms. The van der Waals surface area contributed by atoms with Crippen LogP contribution in [0.15, 0.2) is 35.6 Å². The molecule has 0 fully saturated rings. The average molecular weight is 307 g/mol. The lowest BCUT2D eigenvalue weighted by Crippen LogP contribution is -2.29. The zero-order valence-corrected chi connectivity index (χ0v) is 12.8. The van der Waals surface area contributed by atoms with Crippen molar-refractivity contribution in [1.29, 1.82) is 0 Å².